The highest BCUT2D eigenvalue weighted by atomic mass is 16.9. The number of aryl methyl sites for hydroxylation is 1. The smallest absolute Gasteiger partial charge is 0.331 e. The van der Waals surface area contributed by atoms with E-state index >= 15 is 0 Å². The van der Waals surface area contributed by atoms with E-state index < -0.39 is 28.2 Å². The Labute approximate surface area is 156 Å². The number of hydrogen-bond acceptors (Lipinski definition) is 6. The van der Waals surface area contributed by atoms with Gasteiger partial charge in [0.05, 0.1) is 6.61 Å². The fraction of sp³-hybridized carbons (Fsp3) is 0.526. The maximum absolute atomic E-state index is 11.4. The molecule has 1 aliphatic carbocycles. The van der Waals surface area contributed by atoms with Crippen molar-refractivity contribution in [3.8, 4) is 5.75 Å². The Morgan fingerprint density at radius 3 is 2.85 bits per heavy atom. The number of aliphatic hydroxyl groups is 1. The molecule has 1 aromatic carbocycles. The molecular weight excluding hydrogens is 354 g/mol. The molecule has 146 valence electrons. The maximum Gasteiger partial charge on any atom is 0.331 e. The Bertz CT molecular complexity index is 801. The van der Waals surface area contributed by atoms with Crippen LogP contribution in [0.3, 0.4) is 0 Å². The molecule has 0 bridgehead atoms. The number of benzene rings is 1. The molecule has 0 aromatic heterocycles. The van der Waals surface area contributed by atoms with Crippen molar-refractivity contribution in [2.75, 3.05) is 6.61 Å². The Morgan fingerprint density at radius 2 is 2.19 bits per heavy atom. The molecule has 0 amide bonds. The van der Waals surface area contributed by atoms with E-state index in [1.54, 1.807) is 19.9 Å². The third kappa shape index (κ3) is 3.49. The number of hydrogen-bond donors (Lipinski definition) is 2. The third-order valence-corrected chi connectivity index (χ3v) is 5.56. The van der Waals surface area contributed by atoms with Gasteiger partial charge < -0.3 is 19.8 Å². The second-order valence-corrected chi connectivity index (χ2v) is 7.54. The molecule has 2 N–H and O–H groups in total. The minimum atomic E-state index is -1.19. The molecule has 0 spiro atoms. The van der Waals surface area contributed by atoms with Crippen molar-refractivity contribution in [2.24, 2.45) is 0 Å². The van der Waals surface area contributed by atoms with Crippen LogP contribution in [0.1, 0.15) is 50.2 Å². The number of nitrogens with zero attached hydrogens (tertiary/aromatic N) is 1. The summed E-state index contributed by atoms with van der Waals surface area (Å²) in [6.45, 7) is 3.63. The first-order chi connectivity index (χ1) is 12.6. The SMILES string of the molecule is CC1(C)Oc2cc(CCCO[N+](=O)[O-])ccc2[C@H]2C=C(C(=O)O)CC[C@@]21O. The summed E-state index contributed by atoms with van der Waals surface area (Å²) in [5.41, 5.74) is -0.103. The number of aliphatic carboxylic acids is 1. The lowest BCUT2D eigenvalue weighted by atomic mass is 9.64. The number of fused-ring (bicyclic) bond motifs is 3. The molecule has 2 atom stereocenters. The van der Waals surface area contributed by atoms with E-state index in [1.807, 2.05) is 18.2 Å². The number of ether oxygens (including phenoxy) is 1. The molecule has 1 aliphatic heterocycles. The maximum atomic E-state index is 11.4. The lowest BCUT2D eigenvalue weighted by molar-refractivity contribution is -0.757. The zero-order chi connectivity index (χ0) is 19.8. The second kappa shape index (κ2) is 6.84. The van der Waals surface area contributed by atoms with Crippen molar-refractivity contribution in [3.63, 3.8) is 0 Å². The first-order valence-corrected chi connectivity index (χ1v) is 8.89. The Morgan fingerprint density at radius 1 is 1.44 bits per heavy atom. The van der Waals surface area contributed by atoms with E-state index in [4.69, 9.17) is 4.74 Å². The minimum Gasteiger partial charge on any atom is -0.485 e. The average molecular weight is 377 g/mol. The summed E-state index contributed by atoms with van der Waals surface area (Å²) in [6, 6.07) is 5.56. The summed E-state index contributed by atoms with van der Waals surface area (Å²) in [5, 5.41) is 30.1. The molecule has 8 heteroatoms. The summed E-state index contributed by atoms with van der Waals surface area (Å²) in [4.78, 5) is 25.9. The average Bonchev–Trinajstić information content (AvgIpc) is 2.58. The van der Waals surface area contributed by atoms with Gasteiger partial charge in [-0.1, -0.05) is 18.2 Å². The van der Waals surface area contributed by atoms with Crippen LogP contribution in [0.4, 0.5) is 0 Å². The quantitative estimate of drug-likeness (QED) is 0.444. The normalized spacial score (nSPS) is 25.4. The van der Waals surface area contributed by atoms with Gasteiger partial charge in [-0.2, -0.15) is 0 Å². The molecule has 0 fully saturated rings. The fourth-order valence-electron chi connectivity index (χ4n) is 3.96. The van der Waals surface area contributed by atoms with Crippen LogP contribution in [0.2, 0.25) is 0 Å². The zero-order valence-corrected chi connectivity index (χ0v) is 15.3. The van der Waals surface area contributed by atoms with Gasteiger partial charge in [-0.05, 0) is 51.2 Å². The number of carboxylic acids is 1. The highest BCUT2D eigenvalue weighted by Gasteiger charge is 2.56. The summed E-state index contributed by atoms with van der Waals surface area (Å²) in [7, 11) is 0. The molecular formula is C19H23NO7. The summed E-state index contributed by atoms with van der Waals surface area (Å²) >= 11 is 0. The van der Waals surface area contributed by atoms with E-state index in [0.717, 1.165) is 11.1 Å². The van der Waals surface area contributed by atoms with Crippen LogP contribution in [-0.2, 0) is 16.1 Å². The van der Waals surface area contributed by atoms with E-state index in [-0.39, 0.29) is 6.61 Å². The first kappa shape index (κ1) is 19.2. The molecule has 1 heterocycles. The minimum absolute atomic E-state index is 0.0174. The Balaban J connectivity index is 1.90. The topological polar surface area (TPSA) is 119 Å². The van der Waals surface area contributed by atoms with E-state index in [1.165, 1.54) is 0 Å². The molecule has 0 saturated carbocycles. The van der Waals surface area contributed by atoms with E-state index in [0.29, 0.717) is 37.0 Å². The summed E-state index contributed by atoms with van der Waals surface area (Å²) in [5.74, 6) is -0.835. The zero-order valence-electron chi connectivity index (χ0n) is 15.3. The van der Waals surface area contributed by atoms with Crippen LogP contribution in [0.5, 0.6) is 5.75 Å². The van der Waals surface area contributed by atoms with Gasteiger partial charge in [0.1, 0.15) is 17.0 Å². The van der Waals surface area contributed by atoms with E-state index in [2.05, 4.69) is 4.84 Å². The van der Waals surface area contributed by atoms with Gasteiger partial charge in [0.2, 0.25) is 0 Å². The Hall–Kier alpha value is -2.61. The van der Waals surface area contributed by atoms with Crippen LogP contribution in [0.25, 0.3) is 0 Å². The number of rotatable bonds is 6. The highest BCUT2D eigenvalue weighted by molar-refractivity contribution is 5.87. The molecule has 2 aliphatic rings. The van der Waals surface area contributed by atoms with Crippen LogP contribution in [-0.4, -0.2) is 39.1 Å². The van der Waals surface area contributed by atoms with Crippen LogP contribution >= 0.6 is 0 Å². The van der Waals surface area contributed by atoms with Gasteiger partial charge in [0.15, 0.2) is 0 Å². The molecule has 0 saturated heterocycles. The van der Waals surface area contributed by atoms with Crippen molar-refractivity contribution in [3.05, 3.63) is 51.1 Å². The molecule has 0 unspecified atom stereocenters. The van der Waals surface area contributed by atoms with Crippen LogP contribution in [0, 0.1) is 10.1 Å². The van der Waals surface area contributed by atoms with Crippen LogP contribution in [0.15, 0.2) is 29.8 Å². The van der Waals surface area contributed by atoms with Gasteiger partial charge in [-0.3, -0.25) is 0 Å². The van der Waals surface area contributed by atoms with Gasteiger partial charge in [0.25, 0.3) is 5.09 Å². The number of carbonyl (C=O) groups is 1. The molecule has 1 aromatic rings. The number of carboxylic acid groups (broad SMARTS) is 1. The molecule has 27 heavy (non-hydrogen) atoms. The summed E-state index contributed by atoms with van der Waals surface area (Å²) < 4.78 is 6.11. The van der Waals surface area contributed by atoms with Gasteiger partial charge in [0, 0.05) is 17.1 Å². The third-order valence-electron chi connectivity index (χ3n) is 5.56. The highest BCUT2D eigenvalue weighted by Crippen LogP contribution is 2.53. The Kier molecular flexibility index (Phi) is 4.86. The second-order valence-electron chi connectivity index (χ2n) is 7.54. The van der Waals surface area contributed by atoms with Crippen molar-refractivity contribution in [1.29, 1.82) is 0 Å². The standard InChI is InChI=1S/C19H23NO7/c1-18(2)19(23)8-7-13(17(21)22)11-15(19)14-6-5-12(10-16(14)27-18)4-3-9-26-20(24)25/h5-6,10-11,15,23H,3-4,7-9H2,1-2H3,(H,21,22)/t15-,19-/m1/s1. The lowest BCUT2D eigenvalue weighted by Gasteiger charge is -2.52. The van der Waals surface area contributed by atoms with Gasteiger partial charge >= 0.3 is 5.97 Å². The predicted molar refractivity (Wildman–Crippen MR) is 95.1 cm³/mol. The van der Waals surface area contributed by atoms with E-state index in [9.17, 15) is 25.1 Å². The fourth-order valence-corrected chi connectivity index (χ4v) is 3.96. The van der Waals surface area contributed by atoms with Crippen molar-refractivity contribution < 1.29 is 29.7 Å². The van der Waals surface area contributed by atoms with Gasteiger partial charge in [-0.25, -0.2) is 4.79 Å². The van der Waals surface area contributed by atoms with Crippen LogP contribution < -0.4 is 4.74 Å². The molecule has 3 rings (SSSR count). The largest absolute Gasteiger partial charge is 0.485 e. The van der Waals surface area contributed by atoms with Crippen molar-refractivity contribution in [1.82, 2.24) is 0 Å². The molecule has 0 radical (unpaired) electrons. The monoisotopic (exact) mass is 377 g/mol. The van der Waals surface area contributed by atoms with Gasteiger partial charge in [-0.15, -0.1) is 10.1 Å². The predicted octanol–water partition coefficient (Wildman–Crippen LogP) is 2.62. The van der Waals surface area contributed by atoms with Crippen molar-refractivity contribution in [2.45, 2.75) is 56.7 Å². The first-order valence-electron chi connectivity index (χ1n) is 8.89. The lowest BCUT2D eigenvalue weighted by Crippen LogP contribution is -2.60. The summed E-state index contributed by atoms with van der Waals surface area (Å²) in [6.07, 6.45) is 3.30. The van der Waals surface area contributed by atoms with Crippen molar-refractivity contribution >= 4 is 5.97 Å². The molecule has 8 nitrogen and oxygen atoms in total.